The summed E-state index contributed by atoms with van der Waals surface area (Å²) in [6, 6.07) is 0.335. The molecule has 6 nitrogen and oxygen atoms in total. The Morgan fingerprint density at radius 1 is 1.32 bits per heavy atom. The lowest BCUT2D eigenvalue weighted by Gasteiger charge is -2.27. The molecular formula is C13H26N2O4. The van der Waals surface area contributed by atoms with E-state index in [1.807, 2.05) is 0 Å². The lowest BCUT2D eigenvalue weighted by Crippen LogP contribution is -2.44. The maximum absolute atomic E-state index is 11.9. The number of hydrogen-bond donors (Lipinski definition) is 2. The Bertz CT molecular complexity index is 263. The van der Waals surface area contributed by atoms with E-state index in [4.69, 9.17) is 9.47 Å². The first-order valence-electron chi connectivity index (χ1n) is 6.77. The lowest BCUT2D eigenvalue weighted by atomic mass is 9.93. The van der Waals surface area contributed by atoms with E-state index in [0.29, 0.717) is 19.1 Å². The molecule has 0 aliphatic heterocycles. The summed E-state index contributed by atoms with van der Waals surface area (Å²) in [5.74, 6) is 0.0187. The monoisotopic (exact) mass is 274 g/mol. The zero-order valence-corrected chi connectivity index (χ0v) is 12.1. The fourth-order valence-corrected chi connectivity index (χ4v) is 2.22. The second-order valence-electron chi connectivity index (χ2n) is 5.06. The van der Waals surface area contributed by atoms with Crippen molar-refractivity contribution in [3.8, 4) is 0 Å². The molecule has 6 heteroatoms. The molecular weight excluding hydrogens is 248 g/mol. The van der Waals surface area contributed by atoms with Crippen molar-refractivity contribution in [2.45, 2.75) is 44.1 Å². The first-order chi connectivity index (χ1) is 9.06. The molecule has 1 amide bonds. The van der Waals surface area contributed by atoms with E-state index < -0.39 is 6.29 Å². The van der Waals surface area contributed by atoms with Gasteiger partial charge in [0.1, 0.15) is 0 Å². The minimum absolute atomic E-state index is 0.0187. The highest BCUT2D eigenvalue weighted by Gasteiger charge is 2.20. The van der Waals surface area contributed by atoms with Crippen molar-refractivity contribution in [1.29, 1.82) is 0 Å². The van der Waals surface area contributed by atoms with E-state index >= 15 is 0 Å². The summed E-state index contributed by atoms with van der Waals surface area (Å²) in [6.07, 6.45) is 2.93. The van der Waals surface area contributed by atoms with Crippen LogP contribution in [-0.2, 0) is 14.3 Å². The van der Waals surface area contributed by atoms with Gasteiger partial charge in [-0.25, -0.2) is 0 Å². The SMILES string of the molecule is COC(CN(C)C(=O)CNC1CCC(O)CC1)OC. The van der Waals surface area contributed by atoms with Crippen LogP contribution in [0, 0.1) is 0 Å². The number of aliphatic hydroxyl groups is 1. The number of carbonyl (C=O) groups excluding carboxylic acids is 1. The molecule has 0 atom stereocenters. The summed E-state index contributed by atoms with van der Waals surface area (Å²) in [5.41, 5.74) is 0. The van der Waals surface area contributed by atoms with Crippen molar-refractivity contribution in [3.63, 3.8) is 0 Å². The summed E-state index contributed by atoms with van der Waals surface area (Å²) in [5, 5.41) is 12.7. The molecule has 1 saturated carbocycles. The van der Waals surface area contributed by atoms with Crippen molar-refractivity contribution in [2.75, 3.05) is 34.4 Å². The van der Waals surface area contributed by atoms with E-state index in [2.05, 4.69) is 5.32 Å². The molecule has 2 N–H and O–H groups in total. The van der Waals surface area contributed by atoms with Gasteiger partial charge in [0.25, 0.3) is 0 Å². The van der Waals surface area contributed by atoms with E-state index in [1.165, 1.54) is 0 Å². The van der Waals surface area contributed by atoms with Crippen LogP contribution in [0.25, 0.3) is 0 Å². The minimum atomic E-state index is -0.390. The van der Waals surface area contributed by atoms with Gasteiger partial charge in [0.05, 0.1) is 19.2 Å². The van der Waals surface area contributed by atoms with Gasteiger partial charge in [0.2, 0.25) is 5.91 Å². The molecule has 112 valence electrons. The van der Waals surface area contributed by atoms with E-state index in [9.17, 15) is 9.90 Å². The van der Waals surface area contributed by atoms with Crippen molar-refractivity contribution >= 4 is 5.91 Å². The van der Waals surface area contributed by atoms with Crippen LogP contribution in [0.4, 0.5) is 0 Å². The minimum Gasteiger partial charge on any atom is -0.393 e. The van der Waals surface area contributed by atoms with E-state index in [-0.39, 0.29) is 12.0 Å². The average Bonchev–Trinajstić information content (AvgIpc) is 2.43. The third-order valence-electron chi connectivity index (χ3n) is 3.61. The predicted octanol–water partition coefficient (Wildman–Crippen LogP) is -0.0432. The van der Waals surface area contributed by atoms with Gasteiger partial charge in [-0.1, -0.05) is 0 Å². The Morgan fingerprint density at radius 2 is 1.89 bits per heavy atom. The normalized spacial score (nSPS) is 23.6. The summed E-state index contributed by atoms with van der Waals surface area (Å²) >= 11 is 0. The number of aliphatic hydroxyl groups excluding tert-OH is 1. The molecule has 0 saturated heterocycles. The quantitative estimate of drug-likeness (QED) is 0.637. The van der Waals surface area contributed by atoms with Crippen molar-refractivity contribution in [1.82, 2.24) is 10.2 Å². The molecule has 1 aliphatic carbocycles. The standard InChI is InChI=1S/C13H26N2O4/c1-15(9-13(18-2)19-3)12(17)8-14-10-4-6-11(16)7-5-10/h10-11,13-14,16H,4-9H2,1-3H3. The van der Waals surface area contributed by atoms with Crippen LogP contribution in [0.15, 0.2) is 0 Å². The number of ether oxygens (including phenoxy) is 2. The Balaban J connectivity index is 2.22. The lowest BCUT2D eigenvalue weighted by molar-refractivity contribution is -0.142. The maximum atomic E-state index is 11.9. The summed E-state index contributed by atoms with van der Waals surface area (Å²) < 4.78 is 10.1. The number of nitrogens with one attached hydrogen (secondary N) is 1. The smallest absolute Gasteiger partial charge is 0.236 e. The number of likely N-dealkylation sites (N-methyl/N-ethyl adjacent to an activating group) is 1. The van der Waals surface area contributed by atoms with Crippen LogP contribution in [-0.4, -0.2) is 68.7 Å². The molecule has 0 heterocycles. The largest absolute Gasteiger partial charge is 0.393 e. The number of nitrogens with zero attached hydrogens (tertiary/aromatic N) is 1. The first-order valence-corrected chi connectivity index (χ1v) is 6.77. The number of carbonyl (C=O) groups is 1. The fourth-order valence-electron chi connectivity index (χ4n) is 2.22. The van der Waals surface area contributed by atoms with Crippen LogP contribution in [0.3, 0.4) is 0 Å². The van der Waals surface area contributed by atoms with Gasteiger partial charge >= 0.3 is 0 Å². The van der Waals surface area contributed by atoms with Crippen LogP contribution >= 0.6 is 0 Å². The van der Waals surface area contributed by atoms with Crippen LogP contribution in [0.5, 0.6) is 0 Å². The van der Waals surface area contributed by atoms with Gasteiger partial charge in [0, 0.05) is 27.3 Å². The maximum Gasteiger partial charge on any atom is 0.236 e. The predicted molar refractivity (Wildman–Crippen MR) is 71.7 cm³/mol. The van der Waals surface area contributed by atoms with Crippen LogP contribution < -0.4 is 5.32 Å². The molecule has 0 aromatic rings. The highest BCUT2D eigenvalue weighted by molar-refractivity contribution is 5.78. The van der Waals surface area contributed by atoms with Gasteiger partial charge in [-0.15, -0.1) is 0 Å². The molecule has 1 rings (SSSR count). The number of hydrogen-bond acceptors (Lipinski definition) is 5. The Morgan fingerprint density at radius 3 is 2.42 bits per heavy atom. The molecule has 0 aromatic heterocycles. The Kier molecular flexibility index (Phi) is 7.30. The second kappa shape index (κ2) is 8.47. The van der Waals surface area contributed by atoms with Gasteiger partial charge in [-0.3, -0.25) is 4.79 Å². The third-order valence-corrected chi connectivity index (χ3v) is 3.61. The number of methoxy groups -OCH3 is 2. The van der Waals surface area contributed by atoms with E-state index in [0.717, 1.165) is 25.7 Å². The Hall–Kier alpha value is -0.690. The average molecular weight is 274 g/mol. The third kappa shape index (κ3) is 5.86. The van der Waals surface area contributed by atoms with Crippen LogP contribution in [0.2, 0.25) is 0 Å². The molecule has 0 spiro atoms. The summed E-state index contributed by atoms with van der Waals surface area (Å²) in [7, 11) is 4.84. The second-order valence-corrected chi connectivity index (χ2v) is 5.06. The molecule has 1 fully saturated rings. The van der Waals surface area contributed by atoms with Gasteiger partial charge in [-0.05, 0) is 25.7 Å². The van der Waals surface area contributed by atoms with Crippen molar-refractivity contribution in [3.05, 3.63) is 0 Å². The molecule has 0 unspecified atom stereocenters. The van der Waals surface area contributed by atoms with Gasteiger partial charge in [0.15, 0.2) is 6.29 Å². The van der Waals surface area contributed by atoms with Crippen molar-refractivity contribution < 1.29 is 19.4 Å². The topological polar surface area (TPSA) is 71.0 Å². The molecule has 0 bridgehead atoms. The zero-order chi connectivity index (χ0) is 14.3. The van der Waals surface area contributed by atoms with Crippen LogP contribution in [0.1, 0.15) is 25.7 Å². The highest BCUT2D eigenvalue weighted by Crippen LogP contribution is 2.17. The zero-order valence-electron chi connectivity index (χ0n) is 12.1. The number of rotatable bonds is 7. The molecule has 19 heavy (non-hydrogen) atoms. The highest BCUT2D eigenvalue weighted by atomic mass is 16.7. The first kappa shape index (κ1) is 16.4. The Labute approximate surface area is 115 Å². The molecule has 0 radical (unpaired) electrons. The van der Waals surface area contributed by atoms with Gasteiger partial charge < -0.3 is 24.8 Å². The van der Waals surface area contributed by atoms with Gasteiger partial charge in [-0.2, -0.15) is 0 Å². The summed E-state index contributed by atoms with van der Waals surface area (Å²) in [6.45, 7) is 0.730. The summed E-state index contributed by atoms with van der Waals surface area (Å²) in [4.78, 5) is 13.5. The molecule has 0 aromatic carbocycles. The number of amides is 1. The van der Waals surface area contributed by atoms with E-state index in [1.54, 1.807) is 26.2 Å². The van der Waals surface area contributed by atoms with Crippen molar-refractivity contribution in [2.24, 2.45) is 0 Å². The molecule has 1 aliphatic rings. The fraction of sp³-hybridized carbons (Fsp3) is 0.923.